The van der Waals surface area contributed by atoms with Crippen molar-refractivity contribution < 1.29 is 14.9 Å². The van der Waals surface area contributed by atoms with Gasteiger partial charge in [-0.25, -0.2) is 4.98 Å². The summed E-state index contributed by atoms with van der Waals surface area (Å²) in [5, 5.41) is 24.0. The number of aromatic nitrogens is 2. The predicted molar refractivity (Wildman–Crippen MR) is 97.1 cm³/mol. The molecule has 0 bridgehead atoms. The van der Waals surface area contributed by atoms with Crippen LogP contribution < -0.4 is 5.32 Å². The maximum Gasteiger partial charge on any atom is 0.271 e. The Morgan fingerprint density at radius 2 is 1.85 bits per heavy atom. The monoisotopic (exact) mass is 354 g/mol. The Hall–Kier alpha value is -3.42. The van der Waals surface area contributed by atoms with Gasteiger partial charge in [0.2, 0.25) is 5.91 Å². The third-order valence-electron chi connectivity index (χ3n) is 3.91. The lowest BCUT2D eigenvalue weighted by Crippen LogP contribution is -2.27. The molecule has 0 saturated heterocycles. The fourth-order valence-electron chi connectivity index (χ4n) is 2.37. The number of fused-ring (bicyclic) bond motifs is 1. The Kier molecular flexibility index (Phi) is 4.11. The molecule has 0 atom stereocenters. The van der Waals surface area contributed by atoms with E-state index in [1.54, 1.807) is 24.3 Å². The molecule has 0 spiro atoms. The average molecular weight is 354 g/mol. The zero-order chi connectivity index (χ0) is 19.1. The summed E-state index contributed by atoms with van der Waals surface area (Å²) < 4.78 is 0.824. The van der Waals surface area contributed by atoms with Gasteiger partial charge >= 0.3 is 0 Å². The molecule has 2 aromatic carbocycles. The number of carbonyl (C=O) groups excluding carboxylic acids is 1. The van der Waals surface area contributed by atoms with Crippen molar-refractivity contribution in [3.63, 3.8) is 0 Å². The van der Waals surface area contributed by atoms with Crippen molar-refractivity contribution in [3.05, 3.63) is 52.6 Å². The smallest absolute Gasteiger partial charge is 0.271 e. The van der Waals surface area contributed by atoms with E-state index in [9.17, 15) is 20.1 Å². The molecule has 3 rings (SSSR count). The summed E-state index contributed by atoms with van der Waals surface area (Å²) >= 11 is 0. The number of non-ortho nitro benzene ring substituents is 1. The van der Waals surface area contributed by atoms with Gasteiger partial charge in [-0.2, -0.15) is 4.73 Å². The number of hydrogen-bond acceptors (Lipinski definition) is 5. The van der Waals surface area contributed by atoms with Crippen molar-refractivity contribution in [1.82, 2.24) is 9.71 Å². The van der Waals surface area contributed by atoms with Crippen molar-refractivity contribution in [2.45, 2.75) is 20.8 Å². The summed E-state index contributed by atoms with van der Waals surface area (Å²) in [5.74, 6) is 0.154. The molecule has 0 aliphatic carbocycles. The molecule has 0 fully saturated rings. The molecule has 3 aromatic rings. The van der Waals surface area contributed by atoms with Crippen molar-refractivity contribution in [2.24, 2.45) is 5.41 Å². The van der Waals surface area contributed by atoms with Gasteiger partial charge in [-0.05, 0) is 30.3 Å². The molecule has 1 heterocycles. The molecule has 0 unspecified atom stereocenters. The van der Waals surface area contributed by atoms with E-state index < -0.39 is 10.3 Å². The second kappa shape index (κ2) is 6.14. The van der Waals surface area contributed by atoms with Crippen molar-refractivity contribution >= 4 is 28.3 Å². The van der Waals surface area contributed by atoms with Gasteiger partial charge in [-0.15, -0.1) is 0 Å². The van der Waals surface area contributed by atoms with E-state index in [4.69, 9.17) is 0 Å². The van der Waals surface area contributed by atoms with E-state index in [0.29, 0.717) is 16.8 Å². The van der Waals surface area contributed by atoms with Crippen molar-refractivity contribution in [1.29, 1.82) is 0 Å². The number of imidazole rings is 1. The van der Waals surface area contributed by atoms with Crippen LogP contribution in [0.3, 0.4) is 0 Å². The van der Waals surface area contributed by atoms with Crippen LogP contribution in [0.1, 0.15) is 20.8 Å². The van der Waals surface area contributed by atoms with Gasteiger partial charge in [0.05, 0.1) is 10.4 Å². The first-order valence-electron chi connectivity index (χ1n) is 7.95. The molecule has 8 heteroatoms. The van der Waals surface area contributed by atoms with Crippen LogP contribution in [0, 0.1) is 15.5 Å². The topological polar surface area (TPSA) is 110 Å². The molecule has 26 heavy (non-hydrogen) atoms. The minimum atomic E-state index is -0.529. The number of benzene rings is 2. The Labute approximate surface area is 149 Å². The highest BCUT2D eigenvalue weighted by Gasteiger charge is 2.21. The Bertz CT molecular complexity index is 1000. The van der Waals surface area contributed by atoms with Crippen LogP contribution in [0.25, 0.3) is 22.4 Å². The summed E-state index contributed by atoms with van der Waals surface area (Å²) in [6.45, 7) is 5.47. The van der Waals surface area contributed by atoms with E-state index in [0.717, 1.165) is 4.73 Å². The van der Waals surface area contributed by atoms with Gasteiger partial charge in [-0.3, -0.25) is 14.9 Å². The summed E-state index contributed by atoms with van der Waals surface area (Å²) in [6, 6.07) is 10.9. The number of nitrogens with one attached hydrogen (secondary N) is 1. The molecule has 0 aliphatic heterocycles. The average Bonchev–Trinajstić information content (AvgIpc) is 2.91. The first-order chi connectivity index (χ1) is 12.2. The number of nitrogens with zero attached hydrogens (tertiary/aromatic N) is 3. The maximum absolute atomic E-state index is 12.0. The molecule has 2 N–H and O–H groups in total. The minimum Gasteiger partial charge on any atom is -0.426 e. The van der Waals surface area contributed by atoms with E-state index >= 15 is 0 Å². The fourth-order valence-corrected chi connectivity index (χ4v) is 2.37. The number of nitro groups is 1. The Morgan fingerprint density at radius 1 is 1.19 bits per heavy atom. The first-order valence-corrected chi connectivity index (χ1v) is 7.95. The van der Waals surface area contributed by atoms with Crippen LogP contribution in [0.5, 0.6) is 0 Å². The van der Waals surface area contributed by atoms with Crippen molar-refractivity contribution in [2.75, 3.05) is 5.32 Å². The number of anilines is 1. The summed E-state index contributed by atoms with van der Waals surface area (Å²) in [6.07, 6.45) is 0. The highest BCUT2D eigenvalue weighted by Crippen LogP contribution is 2.27. The summed E-state index contributed by atoms with van der Waals surface area (Å²) in [4.78, 5) is 26.7. The number of rotatable bonds is 3. The number of nitro benzene ring substituents is 1. The van der Waals surface area contributed by atoms with Crippen LogP contribution >= 0.6 is 0 Å². The third kappa shape index (κ3) is 3.21. The second-order valence-electron chi connectivity index (χ2n) is 6.96. The van der Waals surface area contributed by atoms with Crippen molar-refractivity contribution in [3.8, 4) is 11.4 Å². The SMILES string of the molecule is CC(C)(C)C(=O)Nc1ccc(-c2nc3ccc([N+](=O)[O-])cc3n2O)cc1. The molecule has 1 aromatic heterocycles. The van der Waals surface area contributed by atoms with E-state index in [2.05, 4.69) is 10.3 Å². The van der Waals surface area contributed by atoms with Gasteiger partial charge in [0, 0.05) is 28.8 Å². The fraction of sp³-hybridized carbons (Fsp3) is 0.222. The molecular weight excluding hydrogens is 336 g/mol. The summed E-state index contributed by atoms with van der Waals surface area (Å²) in [5.41, 5.74) is 1.30. The highest BCUT2D eigenvalue weighted by atomic mass is 16.6. The van der Waals surface area contributed by atoms with Gasteiger partial charge in [-0.1, -0.05) is 20.8 Å². The lowest BCUT2D eigenvalue weighted by Gasteiger charge is -2.17. The van der Waals surface area contributed by atoms with E-state index in [1.807, 2.05) is 20.8 Å². The first kappa shape index (κ1) is 17.4. The van der Waals surface area contributed by atoms with Crippen LogP contribution in [-0.4, -0.2) is 25.8 Å². The molecular formula is C18H18N4O4. The lowest BCUT2D eigenvalue weighted by molar-refractivity contribution is -0.384. The molecule has 134 valence electrons. The van der Waals surface area contributed by atoms with Gasteiger partial charge in [0.1, 0.15) is 5.52 Å². The van der Waals surface area contributed by atoms with Crippen LogP contribution in [-0.2, 0) is 4.79 Å². The molecule has 1 amide bonds. The Morgan fingerprint density at radius 3 is 2.42 bits per heavy atom. The molecule has 0 aliphatic rings. The zero-order valence-corrected chi connectivity index (χ0v) is 14.6. The minimum absolute atomic E-state index is 0.105. The van der Waals surface area contributed by atoms with Gasteiger partial charge < -0.3 is 10.5 Å². The molecule has 8 nitrogen and oxygen atoms in total. The van der Waals surface area contributed by atoms with E-state index in [1.165, 1.54) is 18.2 Å². The lowest BCUT2D eigenvalue weighted by atomic mass is 9.95. The molecule has 0 saturated carbocycles. The highest BCUT2D eigenvalue weighted by molar-refractivity contribution is 5.94. The Balaban J connectivity index is 1.93. The standard InChI is InChI=1S/C18H18N4O4/c1-18(2,3)17(23)19-12-6-4-11(5-7-12)16-20-14-9-8-13(22(25)26)10-15(14)21(16)24/h4-10,24H,1-3H3,(H,19,23). The predicted octanol–water partition coefficient (Wildman–Crippen LogP) is 3.83. The van der Waals surface area contributed by atoms with Crippen LogP contribution in [0.4, 0.5) is 11.4 Å². The van der Waals surface area contributed by atoms with Crippen LogP contribution in [0.2, 0.25) is 0 Å². The number of amides is 1. The maximum atomic E-state index is 12.0. The summed E-state index contributed by atoms with van der Waals surface area (Å²) in [7, 11) is 0. The molecule has 0 radical (unpaired) electrons. The van der Waals surface area contributed by atoms with Crippen LogP contribution in [0.15, 0.2) is 42.5 Å². The van der Waals surface area contributed by atoms with E-state index in [-0.39, 0.29) is 22.9 Å². The number of carbonyl (C=O) groups is 1. The third-order valence-corrected chi connectivity index (χ3v) is 3.91. The number of hydrogen-bond donors (Lipinski definition) is 2. The second-order valence-corrected chi connectivity index (χ2v) is 6.96. The van der Waals surface area contributed by atoms with Gasteiger partial charge in [0.15, 0.2) is 5.82 Å². The quantitative estimate of drug-likeness (QED) is 0.422. The van der Waals surface area contributed by atoms with Gasteiger partial charge in [0.25, 0.3) is 5.69 Å². The zero-order valence-electron chi connectivity index (χ0n) is 14.6. The largest absolute Gasteiger partial charge is 0.426 e. The normalized spacial score (nSPS) is 11.5.